The van der Waals surface area contributed by atoms with Gasteiger partial charge < -0.3 is 52.5 Å². The van der Waals surface area contributed by atoms with E-state index in [-0.39, 0.29) is 0 Å². The molecule has 0 aromatic rings. The van der Waals surface area contributed by atoms with Gasteiger partial charge in [-0.3, -0.25) is 19.2 Å². The quantitative estimate of drug-likeness (QED) is 0.133. The fourth-order valence-corrected chi connectivity index (χ4v) is 1.74. The van der Waals surface area contributed by atoms with Crippen LogP contribution >= 0.6 is 0 Å². The average molecular weight is 423 g/mol. The molecule has 0 unspecified atom stereocenters. The molecule has 0 aliphatic carbocycles. The standard InChI is InChI=1S/C14H25N5O10/c15-6(2-20)11(25)18-7(3-21)12(26)16-1-10(24)17-8(4-22)13(27)19-9(5-23)14(28)29/h6-9,20-23H,1-5,15H2,(H,16,26)(H,17,24)(H,18,25)(H,19,27)(H,28,29)/t6-,7-,8-,9-/m0/s1. The largest absolute Gasteiger partial charge is 0.480 e. The molecule has 0 saturated heterocycles. The van der Waals surface area contributed by atoms with Gasteiger partial charge in [-0.15, -0.1) is 0 Å². The first kappa shape index (κ1) is 26.1. The van der Waals surface area contributed by atoms with Crippen LogP contribution in [-0.4, -0.2) is 112 Å². The van der Waals surface area contributed by atoms with Crippen LogP contribution in [0.4, 0.5) is 0 Å². The Balaban J connectivity index is 4.66. The molecule has 0 heterocycles. The molecule has 0 spiro atoms. The first-order valence-corrected chi connectivity index (χ1v) is 8.20. The number of carboxylic acids is 1. The van der Waals surface area contributed by atoms with E-state index in [4.69, 9.17) is 31.3 Å². The summed E-state index contributed by atoms with van der Waals surface area (Å²) in [7, 11) is 0. The van der Waals surface area contributed by atoms with E-state index in [9.17, 15) is 24.0 Å². The highest BCUT2D eigenvalue weighted by Gasteiger charge is 2.27. The number of nitrogens with two attached hydrogens (primary N) is 1. The smallest absolute Gasteiger partial charge is 0.328 e. The first-order valence-electron chi connectivity index (χ1n) is 8.20. The van der Waals surface area contributed by atoms with Crippen LogP contribution in [0.2, 0.25) is 0 Å². The molecule has 0 aliphatic heterocycles. The summed E-state index contributed by atoms with van der Waals surface area (Å²) in [6.45, 7) is -4.08. The van der Waals surface area contributed by atoms with Crippen LogP contribution < -0.4 is 27.0 Å². The van der Waals surface area contributed by atoms with Crippen LogP contribution in [0.5, 0.6) is 0 Å². The summed E-state index contributed by atoms with van der Waals surface area (Å²) in [5, 5.41) is 52.7. The highest BCUT2D eigenvalue weighted by atomic mass is 16.4. The number of hydrogen-bond acceptors (Lipinski definition) is 10. The van der Waals surface area contributed by atoms with E-state index in [0.717, 1.165) is 0 Å². The van der Waals surface area contributed by atoms with Gasteiger partial charge in [0.25, 0.3) is 0 Å². The van der Waals surface area contributed by atoms with Gasteiger partial charge in [-0.2, -0.15) is 0 Å². The summed E-state index contributed by atoms with van der Waals surface area (Å²) in [6, 6.07) is -6.00. The number of aliphatic hydroxyl groups is 4. The Hall–Kier alpha value is -2.85. The van der Waals surface area contributed by atoms with E-state index in [2.05, 4.69) is 5.32 Å². The molecular formula is C14H25N5O10. The van der Waals surface area contributed by atoms with Gasteiger partial charge >= 0.3 is 5.97 Å². The van der Waals surface area contributed by atoms with Gasteiger partial charge in [-0.25, -0.2) is 4.79 Å². The molecule has 0 aromatic carbocycles. The van der Waals surface area contributed by atoms with Crippen LogP contribution in [-0.2, 0) is 24.0 Å². The van der Waals surface area contributed by atoms with E-state index in [1.54, 1.807) is 0 Å². The zero-order valence-corrected chi connectivity index (χ0v) is 15.2. The maximum atomic E-state index is 11.9. The third-order valence-corrected chi connectivity index (χ3v) is 3.40. The predicted molar refractivity (Wildman–Crippen MR) is 92.8 cm³/mol. The fourth-order valence-electron chi connectivity index (χ4n) is 1.74. The van der Waals surface area contributed by atoms with Crippen LogP contribution in [0.15, 0.2) is 0 Å². The number of aliphatic carboxylic acids is 1. The first-order chi connectivity index (χ1) is 13.6. The molecule has 0 saturated carbocycles. The van der Waals surface area contributed by atoms with Crippen molar-refractivity contribution >= 4 is 29.6 Å². The van der Waals surface area contributed by atoms with E-state index in [1.807, 2.05) is 16.0 Å². The summed E-state index contributed by atoms with van der Waals surface area (Å²) in [6.07, 6.45) is 0. The topological polar surface area (TPSA) is 261 Å². The third-order valence-electron chi connectivity index (χ3n) is 3.40. The summed E-state index contributed by atoms with van der Waals surface area (Å²) in [5.74, 6) is -5.47. The van der Waals surface area contributed by atoms with Gasteiger partial charge in [0.15, 0.2) is 0 Å². The Morgan fingerprint density at radius 1 is 0.690 bits per heavy atom. The van der Waals surface area contributed by atoms with Crippen molar-refractivity contribution < 1.29 is 49.5 Å². The van der Waals surface area contributed by atoms with Crippen molar-refractivity contribution in [3.63, 3.8) is 0 Å². The molecule has 29 heavy (non-hydrogen) atoms. The lowest BCUT2D eigenvalue weighted by Crippen LogP contribution is -2.57. The second kappa shape index (κ2) is 13.3. The van der Waals surface area contributed by atoms with E-state index >= 15 is 0 Å². The lowest BCUT2D eigenvalue weighted by atomic mass is 10.2. The SMILES string of the molecule is N[C@@H](CO)C(=O)N[C@@H](CO)C(=O)NCC(=O)N[C@@H](CO)C(=O)N[C@@H](CO)C(=O)O. The predicted octanol–water partition coefficient (Wildman–Crippen LogP) is -7.06. The molecule has 0 radical (unpaired) electrons. The van der Waals surface area contributed by atoms with Crippen LogP contribution in [0.3, 0.4) is 0 Å². The summed E-state index contributed by atoms with van der Waals surface area (Å²) in [5.41, 5.74) is 5.25. The monoisotopic (exact) mass is 423 g/mol. The van der Waals surface area contributed by atoms with Gasteiger partial charge in [0.1, 0.15) is 24.2 Å². The van der Waals surface area contributed by atoms with Gasteiger partial charge in [0.05, 0.1) is 33.0 Å². The van der Waals surface area contributed by atoms with Gasteiger partial charge in [-0.1, -0.05) is 0 Å². The van der Waals surface area contributed by atoms with Crippen molar-refractivity contribution in [1.82, 2.24) is 21.3 Å². The number of aliphatic hydroxyl groups excluding tert-OH is 4. The van der Waals surface area contributed by atoms with Crippen molar-refractivity contribution in [3.8, 4) is 0 Å². The minimum absolute atomic E-state index is 0.697. The van der Waals surface area contributed by atoms with Crippen LogP contribution in [0.1, 0.15) is 0 Å². The summed E-state index contributed by atoms with van der Waals surface area (Å²) >= 11 is 0. The molecule has 4 amide bonds. The Kier molecular flexibility index (Phi) is 12.0. The highest BCUT2D eigenvalue weighted by Crippen LogP contribution is 1.90. The number of carbonyl (C=O) groups is 5. The zero-order valence-electron chi connectivity index (χ0n) is 15.2. The molecule has 0 fully saturated rings. The Morgan fingerprint density at radius 2 is 1.17 bits per heavy atom. The van der Waals surface area contributed by atoms with Crippen molar-refractivity contribution in [2.45, 2.75) is 24.2 Å². The molecular weight excluding hydrogens is 398 g/mol. The second-order valence-electron chi connectivity index (χ2n) is 5.64. The number of nitrogens with one attached hydrogen (secondary N) is 4. The lowest BCUT2D eigenvalue weighted by Gasteiger charge is -2.20. The van der Waals surface area contributed by atoms with Crippen molar-refractivity contribution in [1.29, 1.82) is 0 Å². The van der Waals surface area contributed by atoms with Crippen LogP contribution in [0.25, 0.3) is 0 Å². The average Bonchev–Trinajstić information content (AvgIpc) is 2.70. The molecule has 0 bridgehead atoms. The minimum Gasteiger partial charge on any atom is -0.480 e. The highest BCUT2D eigenvalue weighted by molar-refractivity contribution is 5.94. The molecule has 11 N–H and O–H groups in total. The summed E-state index contributed by atoms with van der Waals surface area (Å²) in [4.78, 5) is 57.8. The molecule has 4 atom stereocenters. The van der Waals surface area contributed by atoms with E-state index < -0.39 is 86.7 Å². The maximum absolute atomic E-state index is 11.9. The third kappa shape index (κ3) is 9.26. The Labute approximate surface area is 164 Å². The number of carbonyl (C=O) groups excluding carboxylic acids is 4. The fraction of sp³-hybridized carbons (Fsp3) is 0.643. The number of carboxylic acid groups (broad SMARTS) is 1. The molecule has 0 rings (SSSR count). The normalized spacial score (nSPS) is 14.7. The maximum Gasteiger partial charge on any atom is 0.328 e. The van der Waals surface area contributed by atoms with Crippen molar-refractivity contribution in [2.75, 3.05) is 33.0 Å². The van der Waals surface area contributed by atoms with Gasteiger partial charge in [-0.05, 0) is 0 Å². The number of hydrogen-bond donors (Lipinski definition) is 10. The zero-order chi connectivity index (χ0) is 22.6. The number of amides is 4. The van der Waals surface area contributed by atoms with E-state index in [1.165, 1.54) is 0 Å². The van der Waals surface area contributed by atoms with Crippen molar-refractivity contribution in [3.05, 3.63) is 0 Å². The minimum atomic E-state index is -1.65. The molecule has 0 aliphatic rings. The second-order valence-corrected chi connectivity index (χ2v) is 5.64. The van der Waals surface area contributed by atoms with E-state index in [0.29, 0.717) is 0 Å². The molecule has 15 heteroatoms. The number of rotatable bonds is 13. The lowest BCUT2D eigenvalue weighted by molar-refractivity contribution is -0.143. The molecule has 15 nitrogen and oxygen atoms in total. The van der Waals surface area contributed by atoms with Gasteiger partial charge in [0.2, 0.25) is 23.6 Å². The molecule has 166 valence electrons. The van der Waals surface area contributed by atoms with Crippen molar-refractivity contribution in [2.24, 2.45) is 5.73 Å². The Bertz CT molecular complexity index is 601. The van der Waals surface area contributed by atoms with Gasteiger partial charge in [0, 0.05) is 0 Å². The van der Waals surface area contributed by atoms with Crippen LogP contribution in [0, 0.1) is 0 Å². The molecule has 0 aromatic heterocycles. The Morgan fingerprint density at radius 3 is 1.62 bits per heavy atom. The summed E-state index contributed by atoms with van der Waals surface area (Å²) < 4.78 is 0.